The third-order valence-corrected chi connectivity index (χ3v) is 6.02. The van der Waals surface area contributed by atoms with E-state index in [0.29, 0.717) is 0 Å². The molecule has 33 heavy (non-hydrogen) atoms. The summed E-state index contributed by atoms with van der Waals surface area (Å²) < 4.78 is 5.85. The third kappa shape index (κ3) is 8.12. The first-order valence-electron chi connectivity index (χ1n) is 12.5. The fourth-order valence-electron chi connectivity index (χ4n) is 4.13. The van der Waals surface area contributed by atoms with Gasteiger partial charge in [-0.25, -0.2) is 4.79 Å². The third-order valence-electron chi connectivity index (χ3n) is 6.02. The van der Waals surface area contributed by atoms with Gasteiger partial charge in [-0.05, 0) is 53.9 Å². The first-order valence-corrected chi connectivity index (χ1v) is 12.5. The number of fused-ring (bicyclic) bond motifs is 1. The predicted octanol–water partition coefficient (Wildman–Crippen LogP) is 8.24. The van der Waals surface area contributed by atoms with Gasteiger partial charge in [0.1, 0.15) is 5.75 Å². The van der Waals surface area contributed by atoms with Gasteiger partial charge in [-0.3, -0.25) is 0 Å². The van der Waals surface area contributed by atoms with E-state index in [-0.39, 0.29) is 12.1 Å². The molecule has 0 heterocycles. The molecule has 0 radical (unpaired) electrons. The zero-order valence-electron chi connectivity index (χ0n) is 20.1. The molecule has 4 nitrogen and oxygen atoms in total. The monoisotopic (exact) mass is 446 g/mol. The van der Waals surface area contributed by atoms with Crippen LogP contribution in [0.2, 0.25) is 0 Å². The van der Waals surface area contributed by atoms with Crippen molar-refractivity contribution in [1.82, 2.24) is 5.32 Å². The summed E-state index contributed by atoms with van der Waals surface area (Å²) in [5, 5.41) is 8.29. The lowest BCUT2D eigenvalue weighted by molar-refractivity contribution is 0.249. The smallest absolute Gasteiger partial charge is 0.319 e. The second-order valence-electron chi connectivity index (χ2n) is 8.74. The molecule has 0 aliphatic heterocycles. The van der Waals surface area contributed by atoms with E-state index >= 15 is 0 Å². The summed E-state index contributed by atoms with van der Waals surface area (Å²) in [5.41, 5.74) is 1.85. The van der Waals surface area contributed by atoms with Gasteiger partial charge in [-0.1, -0.05) is 94.3 Å². The quantitative estimate of drug-likeness (QED) is 0.260. The Kier molecular flexibility index (Phi) is 10.1. The van der Waals surface area contributed by atoms with Crippen LogP contribution >= 0.6 is 0 Å². The molecule has 0 aromatic heterocycles. The van der Waals surface area contributed by atoms with Crippen LogP contribution in [-0.4, -0.2) is 12.6 Å². The van der Waals surface area contributed by atoms with Crippen molar-refractivity contribution in [1.29, 1.82) is 0 Å². The van der Waals surface area contributed by atoms with Crippen LogP contribution in [0.25, 0.3) is 10.8 Å². The Hall–Kier alpha value is -3.01. The van der Waals surface area contributed by atoms with E-state index in [1.165, 1.54) is 50.3 Å². The minimum absolute atomic E-state index is 0.106. The maximum Gasteiger partial charge on any atom is 0.319 e. The molecule has 0 aliphatic rings. The highest BCUT2D eigenvalue weighted by Gasteiger charge is 2.12. The van der Waals surface area contributed by atoms with Crippen molar-refractivity contribution >= 4 is 22.5 Å². The molecule has 1 atom stereocenters. The molecular formula is C29H38N2O2. The lowest BCUT2D eigenvalue weighted by atomic mass is 10.00. The largest absolute Gasteiger partial charge is 0.494 e. The number of rotatable bonds is 13. The number of nitrogens with one attached hydrogen (secondary N) is 2. The summed E-state index contributed by atoms with van der Waals surface area (Å²) >= 11 is 0. The van der Waals surface area contributed by atoms with Gasteiger partial charge in [0.2, 0.25) is 0 Å². The van der Waals surface area contributed by atoms with Gasteiger partial charge in [-0.2, -0.15) is 0 Å². The summed E-state index contributed by atoms with van der Waals surface area (Å²) in [4.78, 5) is 12.5. The van der Waals surface area contributed by atoms with Gasteiger partial charge in [0.05, 0.1) is 12.6 Å². The summed E-state index contributed by atoms with van der Waals surface area (Å²) in [5.74, 6) is 0.841. The normalized spacial score (nSPS) is 11.8. The summed E-state index contributed by atoms with van der Waals surface area (Å²) in [7, 11) is 0. The number of carbonyl (C=O) groups is 1. The SMILES string of the molecule is CCCCCCCCCCOc1ccc(NC(=O)N[C@@H](C)c2cccc3ccccc23)cc1. The fourth-order valence-corrected chi connectivity index (χ4v) is 4.13. The average molecular weight is 447 g/mol. The number of hydrogen-bond donors (Lipinski definition) is 2. The maximum atomic E-state index is 12.5. The molecule has 0 saturated carbocycles. The Bertz CT molecular complexity index is 979. The lowest BCUT2D eigenvalue weighted by Crippen LogP contribution is -2.31. The van der Waals surface area contributed by atoms with Crippen molar-refractivity contribution < 1.29 is 9.53 Å². The zero-order chi connectivity index (χ0) is 23.3. The van der Waals surface area contributed by atoms with Gasteiger partial charge < -0.3 is 15.4 Å². The molecule has 4 heteroatoms. The summed E-state index contributed by atoms with van der Waals surface area (Å²) in [6.45, 7) is 5.00. The number of ether oxygens (including phenoxy) is 1. The summed E-state index contributed by atoms with van der Waals surface area (Å²) in [6.07, 6.45) is 10.3. The van der Waals surface area contributed by atoms with E-state index in [1.807, 2.05) is 49.4 Å². The predicted molar refractivity (Wildman–Crippen MR) is 139 cm³/mol. The van der Waals surface area contributed by atoms with Crippen LogP contribution in [0.3, 0.4) is 0 Å². The maximum absolute atomic E-state index is 12.5. The Labute approximate surface area is 198 Å². The van der Waals surface area contributed by atoms with E-state index in [2.05, 4.69) is 41.8 Å². The molecule has 0 fully saturated rings. The molecule has 3 aromatic rings. The van der Waals surface area contributed by atoms with E-state index in [0.717, 1.165) is 35.4 Å². The Morgan fingerprint density at radius 1 is 0.818 bits per heavy atom. The number of amides is 2. The van der Waals surface area contributed by atoms with Crippen LogP contribution in [0.5, 0.6) is 5.75 Å². The van der Waals surface area contributed by atoms with Gasteiger partial charge in [0.15, 0.2) is 0 Å². The molecule has 2 amide bonds. The topological polar surface area (TPSA) is 50.4 Å². The lowest BCUT2D eigenvalue weighted by Gasteiger charge is -2.17. The average Bonchev–Trinajstić information content (AvgIpc) is 2.83. The highest BCUT2D eigenvalue weighted by atomic mass is 16.5. The first-order chi connectivity index (χ1) is 16.2. The van der Waals surface area contributed by atoms with Crippen LogP contribution in [-0.2, 0) is 0 Å². The standard InChI is InChI=1S/C29H38N2O2/c1-3-4-5-6-7-8-9-12-22-33-26-20-18-25(19-21-26)31-29(32)30-23(2)27-17-13-15-24-14-10-11-16-28(24)27/h10-11,13-21,23H,3-9,12,22H2,1-2H3,(H2,30,31,32)/t23-/m0/s1. The second-order valence-corrected chi connectivity index (χ2v) is 8.74. The van der Waals surface area contributed by atoms with Crippen molar-refractivity contribution in [3.05, 3.63) is 72.3 Å². The Morgan fingerprint density at radius 2 is 1.48 bits per heavy atom. The minimum Gasteiger partial charge on any atom is -0.494 e. The molecule has 0 saturated heterocycles. The van der Waals surface area contributed by atoms with Gasteiger partial charge in [-0.15, -0.1) is 0 Å². The second kappa shape index (κ2) is 13.5. The number of unbranched alkanes of at least 4 members (excludes halogenated alkanes) is 7. The molecular weight excluding hydrogens is 408 g/mol. The van der Waals surface area contributed by atoms with Crippen molar-refractivity contribution in [2.75, 3.05) is 11.9 Å². The van der Waals surface area contributed by atoms with E-state index in [4.69, 9.17) is 4.74 Å². The summed E-state index contributed by atoms with van der Waals surface area (Å²) in [6, 6.07) is 21.7. The van der Waals surface area contributed by atoms with Crippen LogP contribution < -0.4 is 15.4 Å². The van der Waals surface area contributed by atoms with E-state index in [9.17, 15) is 4.79 Å². The number of urea groups is 1. The molecule has 2 N–H and O–H groups in total. The highest BCUT2D eigenvalue weighted by molar-refractivity contribution is 5.91. The van der Waals surface area contributed by atoms with Crippen molar-refractivity contribution in [2.24, 2.45) is 0 Å². The van der Waals surface area contributed by atoms with E-state index < -0.39 is 0 Å². The Morgan fingerprint density at radius 3 is 2.24 bits per heavy atom. The van der Waals surface area contributed by atoms with Crippen LogP contribution in [0, 0.1) is 0 Å². The fraction of sp³-hybridized carbons (Fsp3) is 0.414. The molecule has 0 unspecified atom stereocenters. The molecule has 0 spiro atoms. The number of hydrogen-bond acceptors (Lipinski definition) is 2. The van der Waals surface area contributed by atoms with Gasteiger partial charge in [0.25, 0.3) is 0 Å². The van der Waals surface area contributed by atoms with Crippen LogP contribution in [0.1, 0.15) is 76.8 Å². The minimum atomic E-state index is -0.219. The first kappa shape index (κ1) is 24.6. The van der Waals surface area contributed by atoms with Gasteiger partial charge >= 0.3 is 6.03 Å². The van der Waals surface area contributed by atoms with Gasteiger partial charge in [0, 0.05) is 5.69 Å². The van der Waals surface area contributed by atoms with E-state index in [1.54, 1.807) is 0 Å². The molecule has 0 aliphatic carbocycles. The van der Waals surface area contributed by atoms with Crippen LogP contribution in [0.4, 0.5) is 10.5 Å². The van der Waals surface area contributed by atoms with Crippen molar-refractivity contribution in [3.8, 4) is 5.75 Å². The number of anilines is 1. The number of carbonyl (C=O) groups excluding carboxylic acids is 1. The molecule has 0 bridgehead atoms. The molecule has 3 rings (SSSR count). The highest BCUT2D eigenvalue weighted by Crippen LogP contribution is 2.24. The Balaban J connectivity index is 1.38. The molecule has 3 aromatic carbocycles. The zero-order valence-corrected chi connectivity index (χ0v) is 20.1. The number of benzene rings is 3. The molecule has 176 valence electrons. The van der Waals surface area contributed by atoms with Crippen LogP contribution in [0.15, 0.2) is 66.7 Å². The van der Waals surface area contributed by atoms with Crippen molar-refractivity contribution in [3.63, 3.8) is 0 Å². The van der Waals surface area contributed by atoms with Crippen molar-refractivity contribution in [2.45, 2.75) is 71.3 Å².